The molecule has 7 nitrogen and oxygen atoms in total. The highest BCUT2D eigenvalue weighted by Gasteiger charge is 2.45. The molecule has 0 aromatic heterocycles. The number of hydrogen-bond donors (Lipinski definition) is 1. The SMILES string of the molecule is COCN(C(=O)OC(C)(C)C)[C@@](C)(Cc1ccccc1)C(=O)OCCc1ccccc1O. The molecule has 1 N–H and O–H groups in total. The maximum Gasteiger partial charge on any atom is 0.413 e. The molecule has 32 heavy (non-hydrogen) atoms. The third-order valence-electron chi connectivity index (χ3n) is 4.89. The lowest BCUT2D eigenvalue weighted by atomic mass is 9.91. The largest absolute Gasteiger partial charge is 0.508 e. The summed E-state index contributed by atoms with van der Waals surface area (Å²) in [5, 5.41) is 9.94. The summed E-state index contributed by atoms with van der Waals surface area (Å²) in [5.41, 5.74) is -0.590. The van der Waals surface area contributed by atoms with Crippen molar-refractivity contribution in [2.24, 2.45) is 0 Å². The number of methoxy groups -OCH3 is 1. The van der Waals surface area contributed by atoms with E-state index in [0.717, 1.165) is 5.56 Å². The molecule has 1 amide bonds. The highest BCUT2D eigenvalue weighted by molar-refractivity contribution is 5.86. The molecule has 0 radical (unpaired) electrons. The van der Waals surface area contributed by atoms with Crippen LogP contribution in [-0.2, 0) is 31.8 Å². The van der Waals surface area contributed by atoms with Crippen molar-refractivity contribution in [3.8, 4) is 5.75 Å². The van der Waals surface area contributed by atoms with Crippen LogP contribution in [0, 0.1) is 0 Å². The van der Waals surface area contributed by atoms with E-state index in [1.807, 2.05) is 30.3 Å². The molecule has 7 heteroatoms. The second kappa shape index (κ2) is 11.0. The van der Waals surface area contributed by atoms with Crippen LogP contribution in [-0.4, -0.2) is 53.7 Å². The summed E-state index contributed by atoms with van der Waals surface area (Å²) in [6.07, 6.45) is -0.113. The van der Waals surface area contributed by atoms with Crippen LogP contribution in [0.15, 0.2) is 54.6 Å². The van der Waals surface area contributed by atoms with Crippen LogP contribution in [0.3, 0.4) is 0 Å². The Balaban J connectivity index is 2.28. The first-order valence-electron chi connectivity index (χ1n) is 10.5. The van der Waals surface area contributed by atoms with E-state index in [2.05, 4.69) is 0 Å². The Labute approximate surface area is 189 Å². The van der Waals surface area contributed by atoms with E-state index in [4.69, 9.17) is 14.2 Å². The predicted molar refractivity (Wildman–Crippen MR) is 121 cm³/mol. The number of hydrogen-bond acceptors (Lipinski definition) is 6. The van der Waals surface area contributed by atoms with Gasteiger partial charge in [0.1, 0.15) is 23.6 Å². The zero-order valence-corrected chi connectivity index (χ0v) is 19.5. The van der Waals surface area contributed by atoms with E-state index in [-0.39, 0.29) is 25.5 Å². The molecule has 174 valence electrons. The van der Waals surface area contributed by atoms with Gasteiger partial charge in [0.25, 0.3) is 0 Å². The fourth-order valence-corrected chi connectivity index (χ4v) is 3.25. The van der Waals surface area contributed by atoms with E-state index in [9.17, 15) is 14.7 Å². The molecule has 0 fully saturated rings. The molecule has 0 spiro atoms. The lowest BCUT2D eigenvalue weighted by Gasteiger charge is -2.39. The van der Waals surface area contributed by atoms with E-state index in [0.29, 0.717) is 12.0 Å². The Morgan fingerprint density at radius 2 is 1.59 bits per heavy atom. The minimum atomic E-state index is -1.38. The number of phenols is 1. The van der Waals surface area contributed by atoms with Crippen molar-refractivity contribution in [1.29, 1.82) is 0 Å². The summed E-state index contributed by atoms with van der Waals surface area (Å²) in [4.78, 5) is 27.6. The zero-order valence-electron chi connectivity index (χ0n) is 19.5. The Morgan fingerprint density at radius 1 is 0.969 bits per heavy atom. The molecule has 0 saturated carbocycles. The number of carbonyl (C=O) groups excluding carboxylic acids is 2. The molecule has 2 rings (SSSR count). The van der Waals surface area contributed by atoms with Crippen molar-refractivity contribution in [3.63, 3.8) is 0 Å². The number of amides is 1. The number of benzene rings is 2. The predicted octanol–water partition coefficient (Wildman–Crippen LogP) is 4.32. The number of rotatable bonds is 9. The van der Waals surface area contributed by atoms with Crippen LogP contribution in [0.4, 0.5) is 4.79 Å². The van der Waals surface area contributed by atoms with Crippen molar-refractivity contribution >= 4 is 12.1 Å². The zero-order chi connectivity index (χ0) is 23.8. The highest BCUT2D eigenvalue weighted by atomic mass is 16.6. The second-order valence-electron chi connectivity index (χ2n) is 8.78. The summed E-state index contributed by atoms with van der Waals surface area (Å²) >= 11 is 0. The minimum Gasteiger partial charge on any atom is -0.508 e. The van der Waals surface area contributed by atoms with Gasteiger partial charge in [0.05, 0.1) is 6.61 Å². The molecular weight excluding hydrogens is 410 g/mol. The first kappa shape index (κ1) is 25.2. The standard InChI is InChI=1S/C25H33NO6/c1-24(2,3)32-23(29)26(18-30-5)25(4,17-19-11-7-6-8-12-19)22(28)31-16-15-20-13-9-10-14-21(20)27/h6-14,27H,15-18H2,1-5H3/t25-/m0/s1. The van der Waals surface area contributed by atoms with E-state index >= 15 is 0 Å². The molecule has 1 atom stereocenters. The fourth-order valence-electron chi connectivity index (χ4n) is 3.25. The molecule has 0 aliphatic carbocycles. The summed E-state index contributed by atoms with van der Waals surface area (Å²) in [6, 6.07) is 16.3. The summed E-state index contributed by atoms with van der Waals surface area (Å²) in [5.74, 6) is -0.440. The number of esters is 1. The van der Waals surface area contributed by atoms with Gasteiger partial charge in [-0.05, 0) is 44.9 Å². The number of carbonyl (C=O) groups is 2. The van der Waals surface area contributed by atoms with Gasteiger partial charge in [0, 0.05) is 20.0 Å². The Kier molecular flexibility index (Phi) is 8.66. The molecule has 0 heterocycles. The normalized spacial score (nSPS) is 13.2. The van der Waals surface area contributed by atoms with Crippen molar-refractivity contribution < 1.29 is 28.9 Å². The van der Waals surface area contributed by atoms with Crippen molar-refractivity contribution in [2.75, 3.05) is 20.4 Å². The maximum absolute atomic E-state index is 13.3. The van der Waals surface area contributed by atoms with E-state index < -0.39 is 23.2 Å². The first-order valence-corrected chi connectivity index (χ1v) is 10.5. The van der Waals surface area contributed by atoms with Crippen LogP contribution in [0.1, 0.15) is 38.8 Å². The van der Waals surface area contributed by atoms with Gasteiger partial charge in [0.2, 0.25) is 0 Å². The van der Waals surface area contributed by atoms with Gasteiger partial charge in [-0.3, -0.25) is 4.90 Å². The number of ether oxygens (including phenoxy) is 3. The Morgan fingerprint density at radius 3 is 2.19 bits per heavy atom. The van der Waals surface area contributed by atoms with Crippen LogP contribution in [0.25, 0.3) is 0 Å². The molecule has 2 aromatic carbocycles. The summed E-state index contributed by atoms with van der Waals surface area (Å²) in [7, 11) is 1.45. The molecule has 0 bridgehead atoms. The molecule has 2 aromatic rings. The van der Waals surface area contributed by atoms with Gasteiger partial charge in [-0.1, -0.05) is 48.5 Å². The molecule has 0 aliphatic rings. The average molecular weight is 444 g/mol. The quantitative estimate of drug-likeness (QED) is 0.459. The van der Waals surface area contributed by atoms with Crippen molar-refractivity contribution in [2.45, 2.75) is 51.7 Å². The average Bonchev–Trinajstić information content (AvgIpc) is 2.72. The summed E-state index contributed by atoms with van der Waals surface area (Å²) in [6.45, 7) is 6.83. The molecule has 0 aliphatic heterocycles. The lowest BCUT2D eigenvalue weighted by molar-refractivity contribution is -0.160. The number of aromatic hydroxyl groups is 1. The van der Waals surface area contributed by atoms with Crippen LogP contribution < -0.4 is 0 Å². The van der Waals surface area contributed by atoms with Gasteiger partial charge in [-0.15, -0.1) is 0 Å². The number of nitrogens with zero attached hydrogens (tertiary/aromatic N) is 1. The second-order valence-corrected chi connectivity index (χ2v) is 8.78. The van der Waals surface area contributed by atoms with Gasteiger partial charge in [-0.25, -0.2) is 9.59 Å². The van der Waals surface area contributed by atoms with Crippen molar-refractivity contribution in [1.82, 2.24) is 4.90 Å². The maximum atomic E-state index is 13.3. The number of para-hydroxylation sites is 1. The smallest absolute Gasteiger partial charge is 0.413 e. The Hall–Kier alpha value is -3.06. The van der Waals surface area contributed by atoms with E-state index in [1.54, 1.807) is 52.0 Å². The lowest BCUT2D eigenvalue weighted by Crippen LogP contribution is -2.58. The van der Waals surface area contributed by atoms with Gasteiger partial charge >= 0.3 is 12.1 Å². The van der Waals surface area contributed by atoms with E-state index in [1.165, 1.54) is 12.0 Å². The third-order valence-corrected chi connectivity index (χ3v) is 4.89. The Bertz CT molecular complexity index is 893. The third kappa shape index (κ3) is 6.99. The van der Waals surface area contributed by atoms with Gasteiger partial charge in [-0.2, -0.15) is 0 Å². The van der Waals surface area contributed by atoms with Crippen LogP contribution in [0.2, 0.25) is 0 Å². The van der Waals surface area contributed by atoms with Gasteiger partial charge in [0.15, 0.2) is 0 Å². The van der Waals surface area contributed by atoms with Crippen LogP contribution in [0.5, 0.6) is 5.75 Å². The monoisotopic (exact) mass is 443 g/mol. The topological polar surface area (TPSA) is 85.3 Å². The summed E-state index contributed by atoms with van der Waals surface area (Å²) < 4.78 is 16.4. The molecular formula is C25H33NO6. The van der Waals surface area contributed by atoms with Crippen LogP contribution >= 0.6 is 0 Å². The molecule has 0 unspecified atom stereocenters. The minimum absolute atomic E-state index is 0.0515. The molecule has 0 saturated heterocycles. The first-order chi connectivity index (χ1) is 15.1. The van der Waals surface area contributed by atoms with Crippen molar-refractivity contribution in [3.05, 3.63) is 65.7 Å². The highest BCUT2D eigenvalue weighted by Crippen LogP contribution is 2.26. The number of phenolic OH excluding ortho intramolecular Hbond substituents is 1. The van der Waals surface area contributed by atoms with Gasteiger partial charge < -0.3 is 19.3 Å². The fraction of sp³-hybridized carbons (Fsp3) is 0.440.